The third-order valence-electron chi connectivity index (χ3n) is 1.89. The maximum atomic E-state index is 4.33. The van der Waals surface area contributed by atoms with Crippen molar-refractivity contribution >= 4 is 23.5 Å². The summed E-state index contributed by atoms with van der Waals surface area (Å²) >= 11 is 3.38. The molecule has 0 fully saturated rings. The van der Waals surface area contributed by atoms with Crippen LogP contribution < -0.4 is 0 Å². The van der Waals surface area contributed by atoms with E-state index in [9.17, 15) is 0 Å². The minimum Gasteiger partial charge on any atom is -0.248 e. The molecule has 0 radical (unpaired) electrons. The van der Waals surface area contributed by atoms with Crippen molar-refractivity contribution in [3.63, 3.8) is 0 Å². The first-order valence-corrected chi connectivity index (χ1v) is 5.82. The van der Waals surface area contributed by atoms with Crippen molar-refractivity contribution in [2.45, 2.75) is 19.8 Å². The van der Waals surface area contributed by atoms with Crippen LogP contribution in [0.25, 0.3) is 0 Å². The van der Waals surface area contributed by atoms with Crippen LogP contribution in [-0.4, -0.2) is 9.97 Å². The van der Waals surface area contributed by atoms with Crippen LogP contribution in [0.4, 0.5) is 0 Å². The molecule has 3 heterocycles. The Morgan fingerprint density at radius 3 is 1.79 bits per heavy atom. The molecule has 0 aromatic carbocycles. The molecular weight excluding hydrogens is 212 g/mol. The Morgan fingerprint density at radius 1 is 0.786 bits per heavy atom. The van der Waals surface area contributed by atoms with Crippen LogP contribution in [0.3, 0.4) is 0 Å². The highest BCUT2D eigenvalue weighted by Crippen LogP contribution is 2.45. The van der Waals surface area contributed by atoms with Gasteiger partial charge in [0.15, 0.2) is 0 Å². The van der Waals surface area contributed by atoms with Crippen molar-refractivity contribution in [1.82, 2.24) is 9.97 Å². The molecule has 0 amide bonds. The van der Waals surface area contributed by atoms with Gasteiger partial charge in [-0.2, -0.15) is 0 Å². The lowest BCUT2D eigenvalue weighted by atomic mass is 10.5. The van der Waals surface area contributed by atoms with E-state index in [1.807, 2.05) is 24.5 Å². The first-order valence-electron chi connectivity index (χ1n) is 4.19. The zero-order valence-corrected chi connectivity index (χ0v) is 8.81. The lowest BCUT2D eigenvalue weighted by Gasteiger charge is -2.14. The van der Waals surface area contributed by atoms with Crippen molar-refractivity contribution in [3.8, 4) is 0 Å². The lowest BCUT2D eigenvalue weighted by Crippen LogP contribution is -1.93. The standard InChI is InChI=1S/C10H6N2S2/c1-3-7-9(11-5-1)14-8-4-2-6-12-10(8)13-7/h1-6H. The van der Waals surface area contributed by atoms with Gasteiger partial charge in [0.05, 0.1) is 0 Å². The van der Waals surface area contributed by atoms with Crippen molar-refractivity contribution < 1.29 is 0 Å². The summed E-state index contributed by atoms with van der Waals surface area (Å²) in [5.41, 5.74) is 0. The summed E-state index contributed by atoms with van der Waals surface area (Å²) in [6, 6.07) is 8.08. The number of aromatic nitrogens is 2. The number of fused-ring (bicyclic) bond motifs is 2. The molecule has 0 saturated carbocycles. The topological polar surface area (TPSA) is 25.8 Å². The predicted octanol–water partition coefficient (Wildman–Crippen LogP) is 3.09. The van der Waals surface area contributed by atoms with E-state index < -0.39 is 0 Å². The summed E-state index contributed by atoms with van der Waals surface area (Å²) in [7, 11) is 0. The van der Waals surface area contributed by atoms with Crippen molar-refractivity contribution in [2.75, 3.05) is 0 Å². The van der Waals surface area contributed by atoms with Gasteiger partial charge >= 0.3 is 0 Å². The van der Waals surface area contributed by atoms with E-state index in [1.54, 1.807) is 23.5 Å². The summed E-state index contributed by atoms with van der Waals surface area (Å²) in [6.45, 7) is 0. The maximum absolute atomic E-state index is 4.33. The van der Waals surface area contributed by atoms with Gasteiger partial charge in [-0.05, 0) is 24.3 Å². The molecule has 68 valence electrons. The molecule has 0 unspecified atom stereocenters. The summed E-state index contributed by atoms with van der Waals surface area (Å²) in [5.74, 6) is 0. The molecule has 0 bridgehead atoms. The second-order valence-electron chi connectivity index (χ2n) is 2.82. The third kappa shape index (κ3) is 1.31. The van der Waals surface area contributed by atoms with Crippen LogP contribution in [0.2, 0.25) is 0 Å². The van der Waals surface area contributed by atoms with E-state index in [2.05, 4.69) is 22.1 Å². The van der Waals surface area contributed by atoms with Gasteiger partial charge in [0, 0.05) is 22.2 Å². The highest BCUT2D eigenvalue weighted by atomic mass is 32.2. The second-order valence-corrected chi connectivity index (χ2v) is 4.88. The summed E-state index contributed by atoms with van der Waals surface area (Å²) in [5, 5.41) is 2.16. The van der Waals surface area contributed by atoms with Gasteiger partial charge in [-0.25, -0.2) is 9.97 Å². The van der Waals surface area contributed by atoms with E-state index in [0.29, 0.717) is 0 Å². The van der Waals surface area contributed by atoms with Crippen LogP contribution >= 0.6 is 23.5 Å². The van der Waals surface area contributed by atoms with E-state index in [0.717, 1.165) is 10.1 Å². The van der Waals surface area contributed by atoms with E-state index in [-0.39, 0.29) is 0 Å². The highest BCUT2D eigenvalue weighted by Gasteiger charge is 2.17. The maximum Gasteiger partial charge on any atom is 0.115 e. The molecule has 0 spiro atoms. The SMILES string of the molecule is c1cnc2c(c1)Sc1ncccc1S2. The van der Waals surface area contributed by atoms with Crippen LogP contribution in [0.15, 0.2) is 56.5 Å². The molecule has 0 N–H and O–H groups in total. The Morgan fingerprint density at radius 2 is 1.29 bits per heavy atom. The van der Waals surface area contributed by atoms with Crippen LogP contribution in [0, 0.1) is 0 Å². The van der Waals surface area contributed by atoms with E-state index >= 15 is 0 Å². The molecule has 2 aromatic heterocycles. The Hall–Kier alpha value is -1.00. The Kier molecular flexibility index (Phi) is 1.96. The number of pyridine rings is 2. The molecule has 0 atom stereocenters. The first kappa shape index (κ1) is 8.32. The number of hydrogen-bond acceptors (Lipinski definition) is 4. The normalized spacial score (nSPS) is 13.1. The molecular formula is C10H6N2S2. The monoisotopic (exact) mass is 218 g/mol. The largest absolute Gasteiger partial charge is 0.248 e. The fourth-order valence-corrected chi connectivity index (χ4v) is 3.32. The molecule has 14 heavy (non-hydrogen) atoms. The predicted molar refractivity (Wildman–Crippen MR) is 56.7 cm³/mol. The Balaban J connectivity index is 2.12. The molecule has 4 heteroatoms. The average molecular weight is 218 g/mol. The van der Waals surface area contributed by atoms with Gasteiger partial charge in [-0.1, -0.05) is 23.5 Å². The first-order chi connectivity index (χ1) is 6.93. The van der Waals surface area contributed by atoms with Crippen LogP contribution in [0.1, 0.15) is 0 Å². The molecule has 2 aromatic rings. The number of hydrogen-bond donors (Lipinski definition) is 0. The Bertz CT molecular complexity index is 398. The smallest absolute Gasteiger partial charge is 0.115 e. The van der Waals surface area contributed by atoms with Crippen molar-refractivity contribution in [3.05, 3.63) is 36.7 Å². The van der Waals surface area contributed by atoms with Crippen molar-refractivity contribution in [2.24, 2.45) is 0 Å². The van der Waals surface area contributed by atoms with Gasteiger partial charge in [0.2, 0.25) is 0 Å². The zero-order valence-electron chi connectivity index (χ0n) is 7.18. The highest BCUT2D eigenvalue weighted by molar-refractivity contribution is 8.05. The number of rotatable bonds is 0. The fourth-order valence-electron chi connectivity index (χ4n) is 1.27. The molecule has 1 aliphatic rings. The number of nitrogens with zero attached hydrogens (tertiary/aromatic N) is 2. The van der Waals surface area contributed by atoms with Gasteiger partial charge in [0.25, 0.3) is 0 Å². The average Bonchev–Trinajstić information content (AvgIpc) is 2.26. The van der Waals surface area contributed by atoms with E-state index in [4.69, 9.17) is 0 Å². The third-order valence-corrected chi connectivity index (χ3v) is 4.28. The Labute approximate surface area is 90.2 Å². The summed E-state index contributed by atoms with van der Waals surface area (Å²) in [6.07, 6.45) is 3.65. The van der Waals surface area contributed by atoms with Crippen LogP contribution in [-0.2, 0) is 0 Å². The lowest BCUT2D eigenvalue weighted by molar-refractivity contribution is 0.969. The molecule has 1 aliphatic heterocycles. The van der Waals surface area contributed by atoms with Crippen LogP contribution in [0.5, 0.6) is 0 Å². The summed E-state index contributed by atoms with van der Waals surface area (Å²) in [4.78, 5) is 11.1. The molecule has 2 nitrogen and oxygen atoms in total. The molecule has 3 rings (SSSR count). The van der Waals surface area contributed by atoms with Gasteiger partial charge < -0.3 is 0 Å². The van der Waals surface area contributed by atoms with Gasteiger partial charge in [0.1, 0.15) is 10.1 Å². The summed E-state index contributed by atoms with van der Waals surface area (Å²) < 4.78 is 0. The zero-order chi connectivity index (χ0) is 9.38. The van der Waals surface area contributed by atoms with Crippen molar-refractivity contribution in [1.29, 1.82) is 0 Å². The van der Waals surface area contributed by atoms with Gasteiger partial charge in [-0.15, -0.1) is 0 Å². The van der Waals surface area contributed by atoms with E-state index in [1.165, 1.54) is 9.79 Å². The minimum atomic E-state index is 1.08. The molecule has 0 saturated heterocycles. The fraction of sp³-hybridized carbons (Fsp3) is 0. The van der Waals surface area contributed by atoms with Gasteiger partial charge in [-0.3, -0.25) is 0 Å². The molecule has 0 aliphatic carbocycles. The minimum absolute atomic E-state index is 1.08. The second kappa shape index (κ2) is 3.29. The quantitative estimate of drug-likeness (QED) is 0.579.